The van der Waals surface area contributed by atoms with Gasteiger partial charge in [0, 0.05) is 32.9 Å². The molecule has 6 heteroatoms. The van der Waals surface area contributed by atoms with Gasteiger partial charge in [0.1, 0.15) is 12.3 Å². The van der Waals surface area contributed by atoms with Crippen LogP contribution in [-0.2, 0) is 4.79 Å². The first kappa shape index (κ1) is 14.2. The maximum atomic E-state index is 12.3. The summed E-state index contributed by atoms with van der Waals surface area (Å²) in [6.07, 6.45) is 0. The molecule has 1 fully saturated rings. The van der Waals surface area contributed by atoms with Gasteiger partial charge in [-0.05, 0) is 24.3 Å². The average molecular weight is 277 g/mol. The SMILES string of the molecule is COc1ccc(N2CCN(CC(=O)N(C)C)C2=O)cc1. The highest BCUT2D eigenvalue weighted by Crippen LogP contribution is 2.23. The quantitative estimate of drug-likeness (QED) is 0.826. The van der Waals surface area contributed by atoms with Crippen molar-refractivity contribution in [2.45, 2.75) is 0 Å². The van der Waals surface area contributed by atoms with Crippen LogP contribution in [0, 0.1) is 0 Å². The second kappa shape index (κ2) is 5.81. The third-order valence-corrected chi connectivity index (χ3v) is 3.30. The second-order valence-electron chi connectivity index (χ2n) is 4.84. The highest BCUT2D eigenvalue weighted by Gasteiger charge is 2.31. The summed E-state index contributed by atoms with van der Waals surface area (Å²) in [5, 5.41) is 0. The number of carbonyl (C=O) groups excluding carboxylic acids is 2. The molecule has 1 saturated heterocycles. The topological polar surface area (TPSA) is 53.1 Å². The number of nitrogens with zero attached hydrogens (tertiary/aromatic N) is 3. The van der Waals surface area contributed by atoms with Crippen LogP contribution >= 0.6 is 0 Å². The number of hydrogen-bond acceptors (Lipinski definition) is 3. The molecule has 0 spiro atoms. The van der Waals surface area contributed by atoms with Gasteiger partial charge in [0.2, 0.25) is 5.91 Å². The smallest absolute Gasteiger partial charge is 0.325 e. The minimum Gasteiger partial charge on any atom is -0.497 e. The van der Waals surface area contributed by atoms with E-state index in [1.165, 1.54) is 4.90 Å². The van der Waals surface area contributed by atoms with E-state index in [9.17, 15) is 9.59 Å². The Hall–Kier alpha value is -2.24. The first-order valence-electron chi connectivity index (χ1n) is 6.43. The minimum atomic E-state index is -0.134. The Labute approximate surface area is 118 Å². The maximum absolute atomic E-state index is 12.3. The maximum Gasteiger partial charge on any atom is 0.325 e. The van der Waals surface area contributed by atoms with E-state index in [1.807, 2.05) is 24.3 Å². The summed E-state index contributed by atoms with van der Waals surface area (Å²) in [6.45, 7) is 1.27. The number of urea groups is 1. The molecular weight excluding hydrogens is 258 g/mol. The Balaban J connectivity index is 2.04. The predicted octanol–water partition coefficient (Wildman–Crippen LogP) is 1.03. The highest BCUT2D eigenvalue weighted by atomic mass is 16.5. The van der Waals surface area contributed by atoms with Crippen molar-refractivity contribution in [1.82, 2.24) is 9.80 Å². The van der Waals surface area contributed by atoms with Crippen molar-refractivity contribution in [1.29, 1.82) is 0 Å². The zero-order valence-corrected chi connectivity index (χ0v) is 12.0. The van der Waals surface area contributed by atoms with Gasteiger partial charge in [-0.15, -0.1) is 0 Å². The van der Waals surface area contributed by atoms with E-state index in [4.69, 9.17) is 4.74 Å². The number of amides is 3. The van der Waals surface area contributed by atoms with E-state index < -0.39 is 0 Å². The number of likely N-dealkylation sites (N-methyl/N-ethyl adjacent to an activating group) is 1. The van der Waals surface area contributed by atoms with Crippen LogP contribution in [-0.4, -0.2) is 62.6 Å². The second-order valence-corrected chi connectivity index (χ2v) is 4.84. The van der Waals surface area contributed by atoms with Gasteiger partial charge in [-0.3, -0.25) is 9.69 Å². The number of rotatable bonds is 4. The Morgan fingerprint density at radius 3 is 2.45 bits per heavy atom. The molecule has 0 bridgehead atoms. The normalized spacial score (nSPS) is 14.7. The van der Waals surface area contributed by atoms with Crippen molar-refractivity contribution < 1.29 is 14.3 Å². The van der Waals surface area contributed by atoms with Gasteiger partial charge in [-0.1, -0.05) is 0 Å². The zero-order valence-electron chi connectivity index (χ0n) is 12.0. The molecule has 1 heterocycles. The molecule has 0 unspecified atom stereocenters. The molecule has 1 aliphatic rings. The molecule has 2 rings (SSSR count). The van der Waals surface area contributed by atoms with Crippen LogP contribution < -0.4 is 9.64 Å². The van der Waals surface area contributed by atoms with E-state index in [1.54, 1.807) is 31.0 Å². The van der Waals surface area contributed by atoms with Crippen LogP contribution in [0.25, 0.3) is 0 Å². The van der Waals surface area contributed by atoms with E-state index in [2.05, 4.69) is 0 Å². The number of carbonyl (C=O) groups is 2. The highest BCUT2D eigenvalue weighted by molar-refractivity contribution is 5.96. The molecule has 20 heavy (non-hydrogen) atoms. The summed E-state index contributed by atoms with van der Waals surface area (Å²) in [7, 11) is 4.97. The number of hydrogen-bond donors (Lipinski definition) is 0. The van der Waals surface area contributed by atoms with Gasteiger partial charge >= 0.3 is 6.03 Å². The molecule has 0 radical (unpaired) electrons. The Bertz CT molecular complexity index is 499. The Morgan fingerprint density at radius 2 is 1.90 bits per heavy atom. The van der Waals surface area contributed by atoms with Crippen LogP contribution in [0.2, 0.25) is 0 Å². The molecular formula is C14H19N3O3. The van der Waals surface area contributed by atoms with Crippen molar-refractivity contribution in [3.8, 4) is 5.75 Å². The molecule has 108 valence electrons. The predicted molar refractivity (Wildman–Crippen MR) is 76.0 cm³/mol. The summed E-state index contributed by atoms with van der Waals surface area (Å²) in [5.41, 5.74) is 0.815. The lowest BCUT2D eigenvalue weighted by Gasteiger charge is -2.20. The molecule has 0 atom stereocenters. The fraction of sp³-hybridized carbons (Fsp3) is 0.429. The molecule has 1 aromatic rings. The molecule has 6 nitrogen and oxygen atoms in total. The van der Waals surface area contributed by atoms with E-state index in [0.717, 1.165) is 11.4 Å². The molecule has 1 aliphatic heterocycles. The monoisotopic (exact) mass is 277 g/mol. The average Bonchev–Trinajstić information content (AvgIpc) is 2.80. The summed E-state index contributed by atoms with van der Waals surface area (Å²) in [5.74, 6) is 0.676. The Kier molecular flexibility index (Phi) is 4.12. The van der Waals surface area contributed by atoms with Crippen molar-refractivity contribution in [2.75, 3.05) is 45.7 Å². The number of ether oxygens (including phenoxy) is 1. The van der Waals surface area contributed by atoms with Crippen LogP contribution in [0.15, 0.2) is 24.3 Å². The van der Waals surface area contributed by atoms with Crippen LogP contribution in [0.5, 0.6) is 5.75 Å². The van der Waals surface area contributed by atoms with Crippen LogP contribution in [0.1, 0.15) is 0 Å². The lowest BCUT2D eigenvalue weighted by atomic mass is 10.3. The Morgan fingerprint density at radius 1 is 1.25 bits per heavy atom. The van der Waals surface area contributed by atoms with Crippen molar-refractivity contribution in [2.24, 2.45) is 0 Å². The summed E-state index contributed by atoms with van der Waals surface area (Å²) < 4.78 is 5.09. The molecule has 0 aromatic heterocycles. The summed E-state index contributed by atoms with van der Waals surface area (Å²) in [4.78, 5) is 28.7. The van der Waals surface area contributed by atoms with Crippen molar-refractivity contribution in [3.05, 3.63) is 24.3 Å². The minimum absolute atomic E-state index is 0.0741. The number of anilines is 1. The fourth-order valence-electron chi connectivity index (χ4n) is 2.04. The first-order chi connectivity index (χ1) is 9.52. The van der Waals surface area contributed by atoms with Gasteiger partial charge in [-0.2, -0.15) is 0 Å². The van der Waals surface area contributed by atoms with Crippen molar-refractivity contribution in [3.63, 3.8) is 0 Å². The van der Waals surface area contributed by atoms with Crippen molar-refractivity contribution >= 4 is 17.6 Å². The van der Waals surface area contributed by atoms with E-state index in [0.29, 0.717) is 13.1 Å². The molecule has 0 aliphatic carbocycles. The van der Waals surface area contributed by atoms with Crippen LogP contribution in [0.4, 0.5) is 10.5 Å². The molecule has 0 N–H and O–H groups in total. The van der Waals surface area contributed by atoms with Gasteiger partial charge in [0.05, 0.1) is 7.11 Å². The summed E-state index contributed by atoms with van der Waals surface area (Å²) >= 11 is 0. The molecule has 0 saturated carbocycles. The molecule has 3 amide bonds. The molecule has 1 aromatic carbocycles. The van der Waals surface area contributed by atoms with E-state index in [-0.39, 0.29) is 18.5 Å². The first-order valence-corrected chi connectivity index (χ1v) is 6.43. The largest absolute Gasteiger partial charge is 0.497 e. The lowest BCUT2D eigenvalue weighted by molar-refractivity contribution is -0.129. The number of benzene rings is 1. The van der Waals surface area contributed by atoms with Gasteiger partial charge < -0.3 is 14.5 Å². The number of methoxy groups -OCH3 is 1. The van der Waals surface area contributed by atoms with Gasteiger partial charge in [-0.25, -0.2) is 4.79 Å². The lowest BCUT2D eigenvalue weighted by Crippen LogP contribution is -2.39. The summed E-state index contributed by atoms with van der Waals surface area (Å²) in [6, 6.07) is 7.18. The van der Waals surface area contributed by atoms with Gasteiger partial charge in [0.25, 0.3) is 0 Å². The van der Waals surface area contributed by atoms with Gasteiger partial charge in [0.15, 0.2) is 0 Å². The zero-order chi connectivity index (χ0) is 14.7. The third-order valence-electron chi connectivity index (χ3n) is 3.30. The van der Waals surface area contributed by atoms with E-state index >= 15 is 0 Å². The standard InChI is InChI=1S/C14H19N3O3/c1-15(2)13(18)10-16-8-9-17(14(16)19)11-4-6-12(20-3)7-5-11/h4-7H,8-10H2,1-3H3. The van der Waals surface area contributed by atoms with Crippen LogP contribution in [0.3, 0.4) is 0 Å². The third kappa shape index (κ3) is 2.84. The fourth-order valence-corrected chi connectivity index (χ4v) is 2.04.